The fourth-order valence-electron chi connectivity index (χ4n) is 4.00. The highest BCUT2D eigenvalue weighted by molar-refractivity contribution is 5.16. The van der Waals surface area contributed by atoms with Crippen LogP contribution in [0.15, 0.2) is 24.5 Å². The summed E-state index contributed by atoms with van der Waals surface area (Å²) in [5.41, 5.74) is 7.55. The minimum atomic E-state index is 0.134. The number of rotatable bonds is 4. The molecule has 0 aromatic carbocycles. The van der Waals surface area contributed by atoms with Gasteiger partial charge in [-0.15, -0.1) is 0 Å². The zero-order valence-corrected chi connectivity index (χ0v) is 13.1. The Bertz CT molecular complexity index is 428. The molecule has 116 valence electrons. The van der Waals surface area contributed by atoms with Crippen molar-refractivity contribution >= 4 is 0 Å². The maximum absolute atomic E-state index is 6.29. The fraction of sp³-hybridized carbons (Fsp3) is 0.706. The highest BCUT2D eigenvalue weighted by Crippen LogP contribution is 2.29. The summed E-state index contributed by atoms with van der Waals surface area (Å²) >= 11 is 0. The summed E-state index contributed by atoms with van der Waals surface area (Å²) in [6.07, 6.45) is 9.24. The van der Waals surface area contributed by atoms with Crippen molar-refractivity contribution in [2.24, 2.45) is 5.73 Å². The van der Waals surface area contributed by atoms with Crippen LogP contribution in [0.4, 0.5) is 0 Å². The van der Waals surface area contributed by atoms with Crippen LogP contribution >= 0.6 is 0 Å². The van der Waals surface area contributed by atoms with Gasteiger partial charge in [0.2, 0.25) is 0 Å². The average Bonchev–Trinajstić information content (AvgIpc) is 2.98. The second-order valence-electron chi connectivity index (χ2n) is 6.62. The van der Waals surface area contributed by atoms with Crippen LogP contribution in [0.2, 0.25) is 0 Å². The molecule has 2 N–H and O–H groups in total. The van der Waals surface area contributed by atoms with Gasteiger partial charge in [-0.1, -0.05) is 12.5 Å². The highest BCUT2D eigenvalue weighted by Gasteiger charge is 2.34. The first-order chi connectivity index (χ1) is 10.3. The monoisotopic (exact) mass is 288 g/mol. The van der Waals surface area contributed by atoms with E-state index in [-0.39, 0.29) is 6.04 Å². The largest absolute Gasteiger partial charge is 0.326 e. The highest BCUT2D eigenvalue weighted by atomic mass is 15.3. The number of piperidine rings is 1. The van der Waals surface area contributed by atoms with Crippen molar-refractivity contribution in [2.45, 2.75) is 50.7 Å². The maximum Gasteiger partial charge on any atom is 0.0512 e. The molecular formula is C17H28N4. The lowest BCUT2D eigenvalue weighted by molar-refractivity contribution is 0.147. The summed E-state index contributed by atoms with van der Waals surface area (Å²) in [7, 11) is 0. The predicted octanol–water partition coefficient (Wildman–Crippen LogP) is 2.03. The van der Waals surface area contributed by atoms with E-state index in [0.29, 0.717) is 6.04 Å². The number of nitrogens with two attached hydrogens (primary N) is 1. The van der Waals surface area contributed by atoms with Crippen molar-refractivity contribution in [1.82, 2.24) is 14.8 Å². The van der Waals surface area contributed by atoms with Crippen molar-refractivity contribution in [3.05, 3.63) is 30.1 Å². The lowest BCUT2D eigenvalue weighted by Crippen LogP contribution is -2.43. The van der Waals surface area contributed by atoms with Crippen LogP contribution in [0.1, 0.15) is 44.2 Å². The molecule has 3 unspecified atom stereocenters. The third-order valence-corrected chi connectivity index (χ3v) is 5.02. The molecule has 21 heavy (non-hydrogen) atoms. The van der Waals surface area contributed by atoms with Gasteiger partial charge in [0.25, 0.3) is 0 Å². The Morgan fingerprint density at radius 2 is 2.05 bits per heavy atom. The van der Waals surface area contributed by atoms with Gasteiger partial charge in [-0.05, 0) is 50.9 Å². The van der Waals surface area contributed by atoms with Gasteiger partial charge < -0.3 is 5.73 Å². The Hall–Kier alpha value is -0.970. The molecule has 2 aliphatic rings. The smallest absolute Gasteiger partial charge is 0.0512 e. The normalized spacial score (nSPS) is 27.6. The standard InChI is InChI=1S/C17H28N4/c1-14(18)17(15-6-5-8-19-12-15)21-11-7-16(13-21)20-9-3-2-4-10-20/h5-6,8,12,14,16-17H,2-4,7,9-11,13,18H2,1H3. The molecule has 1 aromatic rings. The number of aromatic nitrogens is 1. The topological polar surface area (TPSA) is 45.4 Å². The summed E-state index contributed by atoms with van der Waals surface area (Å²) in [4.78, 5) is 9.55. The first-order valence-corrected chi connectivity index (χ1v) is 8.39. The lowest BCUT2D eigenvalue weighted by Gasteiger charge is -2.34. The van der Waals surface area contributed by atoms with Crippen LogP contribution < -0.4 is 5.73 Å². The molecule has 4 heteroatoms. The van der Waals surface area contributed by atoms with E-state index in [1.807, 2.05) is 18.5 Å². The van der Waals surface area contributed by atoms with Gasteiger partial charge in [0, 0.05) is 37.6 Å². The van der Waals surface area contributed by atoms with Gasteiger partial charge in [0.15, 0.2) is 0 Å². The zero-order valence-electron chi connectivity index (χ0n) is 13.1. The van der Waals surface area contributed by atoms with Crippen molar-refractivity contribution < 1.29 is 0 Å². The van der Waals surface area contributed by atoms with Gasteiger partial charge in [-0.3, -0.25) is 14.8 Å². The molecule has 0 saturated carbocycles. The quantitative estimate of drug-likeness (QED) is 0.921. The molecule has 0 aliphatic carbocycles. The molecular weight excluding hydrogens is 260 g/mol. The van der Waals surface area contributed by atoms with Crippen molar-refractivity contribution in [1.29, 1.82) is 0 Å². The van der Waals surface area contributed by atoms with Crippen molar-refractivity contribution in [2.75, 3.05) is 26.2 Å². The summed E-state index contributed by atoms with van der Waals surface area (Å²) in [5.74, 6) is 0. The summed E-state index contributed by atoms with van der Waals surface area (Å²) in [5, 5.41) is 0. The molecule has 0 radical (unpaired) electrons. The zero-order chi connectivity index (χ0) is 14.7. The fourth-order valence-corrected chi connectivity index (χ4v) is 4.00. The van der Waals surface area contributed by atoms with Gasteiger partial charge in [0.1, 0.15) is 0 Å². The molecule has 3 atom stereocenters. The Balaban J connectivity index is 1.68. The second kappa shape index (κ2) is 6.86. The molecule has 0 amide bonds. The van der Waals surface area contributed by atoms with E-state index in [1.165, 1.54) is 44.3 Å². The van der Waals surface area contributed by atoms with Crippen molar-refractivity contribution in [3.63, 3.8) is 0 Å². The number of pyridine rings is 1. The number of hydrogen-bond donors (Lipinski definition) is 1. The van der Waals surface area contributed by atoms with E-state index in [9.17, 15) is 0 Å². The minimum absolute atomic E-state index is 0.134. The first kappa shape index (κ1) is 14.9. The van der Waals surface area contributed by atoms with Crippen molar-refractivity contribution in [3.8, 4) is 0 Å². The van der Waals surface area contributed by atoms with Gasteiger partial charge in [-0.2, -0.15) is 0 Å². The SMILES string of the molecule is CC(N)C(c1cccnc1)N1CCC(N2CCCCC2)C1. The van der Waals surface area contributed by atoms with Crippen LogP contribution in [0.5, 0.6) is 0 Å². The van der Waals surface area contributed by atoms with Gasteiger partial charge in [-0.25, -0.2) is 0 Å². The second-order valence-corrected chi connectivity index (χ2v) is 6.62. The van der Waals surface area contributed by atoms with Crippen LogP contribution in [-0.4, -0.2) is 53.0 Å². The Labute approximate surface area is 128 Å². The Kier molecular flexibility index (Phi) is 4.88. The molecule has 3 rings (SSSR count). The van der Waals surface area contributed by atoms with Gasteiger partial charge in [0.05, 0.1) is 6.04 Å². The molecule has 0 bridgehead atoms. The van der Waals surface area contributed by atoms with Crippen LogP contribution in [0.25, 0.3) is 0 Å². The molecule has 2 aliphatic heterocycles. The molecule has 4 nitrogen and oxygen atoms in total. The summed E-state index contributed by atoms with van der Waals surface area (Å²) in [6.45, 7) is 7.00. The maximum atomic E-state index is 6.29. The molecule has 2 fully saturated rings. The minimum Gasteiger partial charge on any atom is -0.326 e. The number of likely N-dealkylation sites (tertiary alicyclic amines) is 2. The summed E-state index contributed by atoms with van der Waals surface area (Å²) < 4.78 is 0. The Morgan fingerprint density at radius 3 is 2.71 bits per heavy atom. The molecule has 0 spiro atoms. The van der Waals surface area contributed by atoms with Crippen LogP contribution in [0.3, 0.4) is 0 Å². The Morgan fingerprint density at radius 1 is 1.24 bits per heavy atom. The number of hydrogen-bond acceptors (Lipinski definition) is 4. The van der Waals surface area contributed by atoms with Crippen LogP contribution in [-0.2, 0) is 0 Å². The van der Waals surface area contributed by atoms with E-state index in [1.54, 1.807) is 0 Å². The summed E-state index contributed by atoms with van der Waals surface area (Å²) in [6, 6.07) is 5.34. The van der Waals surface area contributed by atoms with E-state index in [2.05, 4.69) is 27.8 Å². The molecule has 1 aromatic heterocycles. The molecule has 2 saturated heterocycles. The third kappa shape index (κ3) is 3.44. The van der Waals surface area contributed by atoms with E-state index in [4.69, 9.17) is 5.73 Å². The lowest BCUT2D eigenvalue weighted by atomic mass is 10.0. The molecule has 3 heterocycles. The van der Waals surface area contributed by atoms with Gasteiger partial charge >= 0.3 is 0 Å². The van der Waals surface area contributed by atoms with E-state index >= 15 is 0 Å². The third-order valence-electron chi connectivity index (χ3n) is 5.02. The van der Waals surface area contributed by atoms with Crippen LogP contribution in [0, 0.1) is 0 Å². The van der Waals surface area contributed by atoms with E-state index < -0.39 is 0 Å². The van der Waals surface area contributed by atoms with E-state index in [0.717, 1.165) is 19.1 Å². The first-order valence-electron chi connectivity index (χ1n) is 8.39. The average molecular weight is 288 g/mol. The predicted molar refractivity (Wildman–Crippen MR) is 86.0 cm³/mol. The number of nitrogens with zero attached hydrogens (tertiary/aromatic N) is 3.